The first-order valence-corrected chi connectivity index (χ1v) is 4.08. The van der Waals surface area contributed by atoms with Gasteiger partial charge in [0.15, 0.2) is 0 Å². The molecule has 0 saturated carbocycles. The molecule has 0 aliphatic carbocycles. The molecule has 0 aromatic carbocycles. The Kier molecular flexibility index (Phi) is 1.85. The number of fused-ring (bicyclic) bond motifs is 2. The normalized spacial score (nSPS) is 50.7. The minimum atomic E-state index is -0.319. The van der Waals surface area contributed by atoms with E-state index in [1.54, 1.807) is 0 Å². The highest BCUT2D eigenvalue weighted by atomic mass is 16.5. The van der Waals surface area contributed by atoms with Gasteiger partial charge in [-0.2, -0.15) is 0 Å². The van der Waals surface area contributed by atoms with E-state index in [1.807, 2.05) is 6.92 Å². The van der Waals surface area contributed by atoms with Crippen molar-refractivity contribution in [2.75, 3.05) is 13.2 Å². The van der Waals surface area contributed by atoms with Gasteiger partial charge in [0.2, 0.25) is 0 Å². The third-order valence-corrected chi connectivity index (χ3v) is 2.47. The van der Waals surface area contributed by atoms with E-state index in [0.717, 1.165) is 13.2 Å². The van der Waals surface area contributed by atoms with Crippen LogP contribution in [0.3, 0.4) is 0 Å². The van der Waals surface area contributed by atoms with E-state index < -0.39 is 0 Å². The largest absolute Gasteiger partial charge is 0.390 e. The van der Waals surface area contributed by atoms with Crippen LogP contribution < -0.4 is 10.6 Å². The van der Waals surface area contributed by atoms with Crippen molar-refractivity contribution in [3.8, 4) is 0 Å². The van der Waals surface area contributed by atoms with E-state index in [4.69, 9.17) is 4.74 Å². The molecule has 4 nitrogen and oxygen atoms in total. The number of hydrogen-bond donors (Lipinski definition) is 3. The second-order valence-corrected chi connectivity index (χ2v) is 3.24. The highest BCUT2D eigenvalue weighted by Gasteiger charge is 2.40. The Balaban J connectivity index is 2.10. The zero-order valence-corrected chi connectivity index (χ0v) is 6.58. The standard InChI is InChI=1S/C7H14N2O2/c1-4-5(10)6-8-2-3-11-7(4)9-6/h4-10H,2-3H2,1H3/t4?,5-,6+,7?/m0/s1. The quantitative estimate of drug-likeness (QED) is 0.417. The van der Waals surface area contributed by atoms with E-state index in [0.29, 0.717) is 0 Å². The van der Waals surface area contributed by atoms with Crippen LogP contribution in [0.4, 0.5) is 0 Å². The molecule has 0 spiro atoms. The lowest BCUT2D eigenvalue weighted by Gasteiger charge is -2.19. The fraction of sp³-hybridized carbons (Fsp3) is 1.00. The zero-order chi connectivity index (χ0) is 7.84. The van der Waals surface area contributed by atoms with Crippen molar-refractivity contribution in [2.24, 2.45) is 5.92 Å². The van der Waals surface area contributed by atoms with Crippen molar-refractivity contribution in [3.63, 3.8) is 0 Å². The first-order chi connectivity index (χ1) is 5.29. The molecule has 0 amide bonds. The Morgan fingerprint density at radius 1 is 1.55 bits per heavy atom. The molecule has 2 heterocycles. The highest BCUT2D eigenvalue weighted by Crippen LogP contribution is 2.21. The molecule has 0 aromatic rings. The Morgan fingerprint density at radius 2 is 2.36 bits per heavy atom. The van der Waals surface area contributed by atoms with Crippen molar-refractivity contribution in [1.29, 1.82) is 0 Å². The average Bonchev–Trinajstić information content (AvgIpc) is 2.31. The van der Waals surface area contributed by atoms with Gasteiger partial charge in [-0.15, -0.1) is 0 Å². The van der Waals surface area contributed by atoms with Gasteiger partial charge >= 0.3 is 0 Å². The predicted molar refractivity (Wildman–Crippen MR) is 39.8 cm³/mol. The van der Waals surface area contributed by atoms with Crippen LogP contribution in [-0.4, -0.2) is 36.8 Å². The molecule has 2 unspecified atom stereocenters. The summed E-state index contributed by atoms with van der Waals surface area (Å²) in [5.74, 6) is 0.188. The Labute approximate surface area is 65.9 Å². The summed E-state index contributed by atoms with van der Waals surface area (Å²) in [4.78, 5) is 0. The number of aliphatic hydroxyl groups is 1. The summed E-state index contributed by atoms with van der Waals surface area (Å²) in [5, 5.41) is 15.9. The fourth-order valence-electron chi connectivity index (χ4n) is 1.69. The van der Waals surface area contributed by atoms with E-state index in [2.05, 4.69) is 10.6 Å². The number of nitrogens with one attached hydrogen (secondary N) is 2. The van der Waals surface area contributed by atoms with E-state index >= 15 is 0 Å². The number of hydrogen-bond acceptors (Lipinski definition) is 4. The molecular formula is C7H14N2O2. The lowest BCUT2D eigenvalue weighted by Crippen LogP contribution is -2.44. The minimum absolute atomic E-state index is 0.0255. The second-order valence-electron chi connectivity index (χ2n) is 3.24. The van der Waals surface area contributed by atoms with Gasteiger partial charge in [-0.3, -0.25) is 10.6 Å². The van der Waals surface area contributed by atoms with E-state index in [9.17, 15) is 5.11 Å². The van der Waals surface area contributed by atoms with Gasteiger partial charge in [-0.25, -0.2) is 0 Å². The van der Waals surface area contributed by atoms with Crippen LogP contribution in [0, 0.1) is 5.92 Å². The van der Waals surface area contributed by atoms with Gasteiger partial charge < -0.3 is 9.84 Å². The number of ether oxygens (including phenoxy) is 1. The Morgan fingerprint density at radius 3 is 3.18 bits per heavy atom. The number of rotatable bonds is 0. The van der Waals surface area contributed by atoms with Crippen LogP contribution in [-0.2, 0) is 4.74 Å². The van der Waals surface area contributed by atoms with Crippen molar-refractivity contribution >= 4 is 0 Å². The van der Waals surface area contributed by atoms with Crippen molar-refractivity contribution in [1.82, 2.24) is 10.6 Å². The molecule has 3 N–H and O–H groups in total. The van der Waals surface area contributed by atoms with Crippen LogP contribution in [0.25, 0.3) is 0 Å². The third kappa shape index (κ3) is 1.16. The molecule has 2 aliphatic heterocycles. The van der Waals surface area contributed by atoms with Gasteiger partial charge in [-0.05, 0) is 0 Å². The Bertz CT molecular complexity index is 137. The summed E-state index contributed by atoms with van der Waals surface area (Å²) in [6, 6.07) is 0. The van der Waals surface area contributed by atoms with Gasteiger partial charge in [0.05, 0.1) is 18.9 Å². The predicted octanol–water partition coefficient (Wildman–Crippen LogP) is -1.14. The van der Waals surface area contributed by atoms with Crippen molar-refractivity contribution in [3.05, 3.63) is 0 Å². The maximum absolute atomic E-state index is 9.59. The van der Waals surface area contributed by atoms with Gasteiger partial charge in [0.25, 0.3) is 0 Å². The summed E-state index contributed by atoms with van der Waals surface area (Å²) in [7, 11) is 0. The SMILES string of the molecule is CC1C2N[C@@H](NCCO2)[C@H]1O. The molecule has 4 heteroatoms. The second kappa shape index (κ2) is 2.71. The molecule has 2 saturated heterocycles. The van der Waals surface area contributed by atoms with Crippen LogP contribution in [0.5, 0.6) is 0 Å². The highest BCUT2D eigenvalue weighted by molar-refractivity contribution is 4.91. The maximum Gasteiger partial charge on any atom is 0.114 e. The lowest BCUT2D eigenvalue weighted by atomic mass is 10.1. The molecular weight excluding hydrogens is 144 g/mol. The number of aliphatic hydroxyl groups excluding tert-OH is 1. The molecule has 0 radical (unpaired) electrons. The molecule has 2 rings (SSSR count). The van der Waals surface area contributed by atoms with Crippen LogP contribution in [0.1, 0.15) is 6.92 Å². The molecule has 2 bridgehead atoms. The first kappa shape index (κ1) is 7.49. The summed E-state index contributed by atoms with van der Waals surface area (Å²) >= 11 is 0. The maximum atomic E-state index is 9.59. The smallest absolute Gasteiger partial charge is 0.114 e. The minimum Gasteiger partial charge on any atom is -0.390 e. The summed E-state index contributed by atoms with van der Waals surface area (Å²) < 4.78 is 5.44. The molecule has 0 aromatic heterocycles. The molecule has 64 valence electrons. The monoisotopic (exact) mass is 158 g/mol. The first-order valence-electron chi connectivity index (χ1n) is 4.08. The summed E-state index contributed by atoms with van der Waals surface area (Å²) in [6.45, 7) is 3.54. The van der Waals surface area contributed by atoms with Gasteiger partial charge in [0, 0.05) is 12.5 Å². The van der Waals surface area contributed by atoms with Crippen LogP contribution in [0.15, 0.2) is 0 Å². The molecule has 11 heavy (non-hydrogen) atoms. The van der Waals surface area contributed by atoms with Crippen LogP contribution >= 0.6 is 0 Å². The molecule has 2 aliphatic rings. The van der Waals surface area contributed by atoms with Crippen molar-refractivity contribution < 1.29 is 9.84 Å². The van der Waals surface area contributed by atoms with E-state index in [1.165, 1.54) is 0 Å². The summed E-state index contributed by atoms with van der Waals surface area (Å²) in [5.41, 5.74) is 0. The third-order valence-electron chi connectivity index (χ3n) is 2.47. The topological polar surface area (TPSA) is 53.5 Å². The van der Waals surface area contributed by atoms with E-state index in [-0.39, 0.29) is 24.4 Å². The zero-order valence-electron chi connectivity index (χ0n) is 6.58. The molecule has 2 fully saturated rings. The fourth-order valence-corrected chi connectivity index (χ4v) is 1.69. The van der Waals surface area contributed by atoms with Gasteiger partial charge in [-0.1, -0.05) is 6.92 Å². The summed E-state index contributed by atoms with van der Waals surface area (Å²) in [6.07, 6.45) is -0.261. The van der Waals surface area contributed by atoms with Gasteiger partial charge in [0.1, 0.15) is 6.23 Å². The lowest BCUT2D eigenvalue weighted by molar-refractivity contribution is -0.00214. The van der Waals surface area contributed by atoms with Crippen LogP contribution in [0.2, 0.25) is 0 Å². The van der Waals surface area contributed by atoms with Crippen molar-refractivity contribution in [2.45, 2.75) is 25.4 Å². The average molecular weight is 158 g/mol. The molecule has 4 atom stereocenters. The Hall–Kier alpha value is -0.160.